The number of aromatic nitrogens is 2. The molecule has 0 fully saturated rings. The minimum atomic E-state index is -0.284. The number of nitrogens with one attached hydrogen (secondary N) is 1. The number of aliphatic hydroxyl groups is 1. The van der Waals surface area contributed by atoms with E-state index in [1.54, 1.807) is 10.6 Å². The van der Waals surface area contributed by atoms with Gasteiger partial charge < -0.3 is 10.4 Å². The fourth-order valence-electron chi connectivity index (χ4n) is 2.35. The molecule has 0 aliphatic carbocycles. The smallest absolute Gasteiger partial charge is 0.254 e. The van der Waals surface area contributed by atoms with Crippen LogP contribution in [0.25, 0.3) is 0 Å². The summed E-state index contributed by atoms with van der Waals surface area (Å²) in [5.74, 6) is 0.192. The second-order valence-corrected chi connectivity index (χ2v) is 7.91. The molecule has 1 aliphatic rings. The van der Waals surface area contributed by atoms with Gasteiger partial charge in [-0.2, -0.15) is 0 Å². The van der Waals surface area contributed by atoms with Crippen molar-refractivity contribution in [3.8, 4) is 0 Å². The fourth-order valence-corrected chi connectivity index (χ4v) is 3.44. The van der Waals surface area contributed by atoms with Crippen LogP contribution < -0.4 is 10.9 Å². The second kappa shape index (κ2) is 7.05. The topological polar surface area (TPSA) is 84.2 Å². The number of thioether (sulfide) groups is 1. The molecule has 128 valence electrons. The number of carbonyl (C=O) groups excluding carboxylic acids is 1. The molecule has 0 saturated heterocycles. The summed E-state index contributed by atoms with van der Waals surface area (Å²) in [7, 11) is 0. The van der Waals surface area contributed by atoms with Crippen LogP contribution in [-0.2, 0) is 16.8 Å². The average Bonchev–Trinajstić information content (AvgIpc) is 2.51. The molecule has 23 heavy (non-hydrogen) atoms. The lowest BCUT2D eigenvalue weighted by molar-refractivity contribution is -0.125. The Morgan fingerprint density at radius 1 is 1.57 bits per heavy atom. The lowest BCUT2D eigenvalue weighted by Crippen LogP contribution is -2.45. The highest BCUT2D eigenvalue weighted by Crippen LogP contribution is 2.28. The van der Waals surface area contributed by atoms with E-state index in [4.69, 9.17) is 0 Å². The van der Waals surface area contributed by atoms with Crippen molar-refractivity contribution in [3.05, 3.63) is 22.1 Å². The first-order chi connectivity index (χ1) is 10.8. The molecule has 0 radical (unpaired) electrons. The average molecular weight is 339 g/mol. The molecular formula is C16H25N3O3S. The van der Waals surface area contributed by atoms with E-state index >= 15 is 0 Å². The van der Waals surface area contributed by atoms with Crippen molar-refractivity contribution >= 4 is 17.7 Å². The van der Waals surface area contributed by atoms with E-state index in [0.717, 1.165) is 5.69 Å². The van der Waals surface area contributed by atoms with Crippen molar-refractivity contribution in [2.75, 3.05) is 12.4 Å². The van der Waals surface area contributed by atoms with E-state index in [9.17, 15) is 14.7 Å². The zero-order valence-corrected chi connectivity index (χ0v) is 14.9. The van der Waals surface area contributed by atoms with Gasteiger partial charge in [0.25, 0.3) is 5.56 Å². The summed E-state index contributed by atoms with van der Waals surface area (Å²) in [4.78, 5) is 29.3. The fraction of sp³-hybridized carbons (Fsp3) is 0.688. The first-order valence-corrected chi connectivity index (χ1v) is 8.91. The van der Waals surface area contributed by atoms with Gasteiger partial charge >= 0.3 is 0 Å². The largest absolute Gasteiger partial charge is 0.394 e. The minimum absolute atomic E-state index is 0.0743. The third-order valence-electron chi connectivity index (χ3n) is 3.99. The summed E-state index contributed by atoms with van der Waals surface area (Å²) in [6.07, 6.45) is 0.676. The van der Waals surface area contributed by atoms with Crippen LogP contribution in [0.4, 0.5) is 0 Å². The van der Waals surface area contributed by atoms with Crippen LogP contribution in [-0.4, -0.2) is 39.0 Å². The zero-order chi connectivity index (χ0) is 17.2. The number of fused-ring (bicyclic) bond motifs is 1. The van der Waals surface area contributed by atoms with Gasteiger partial charge in [-0.3, -0.25) is 14.2 Å². The molecular weight excluding hydrogens is 314 g/mol. The van der Waals surface area contributed by atoms with Crippen molar-refractivity contribution < 1.29 is 9.90 Å². The maximum Gasteiger partial charge on any atom is 0.254 e. The zero-order valence-electron chi connectivity index (χ0n) is 14.1. The van der Waals surface area contributed by atoms with Crippen LogP contribution in [0.2, 0.25) is 0 Å². The van der Waals surface area contributed by atoms with Gasteiger partial charge in [0, 0.05) is 23.8 Å². The number of amides is 1. The molecule has 2 N–H and O–H groups in total. The number of aliphatic hydroxyl groups excluding tert-OH is 1. The Morgan fingerprint density at radius 2 is 2.26 bits per heavy atom. The SMILES string of the molecule is CCC(CO)NC(=O)C1CSc2nc(C(C)(C)C)cc(=O)n2C1. The highest BCUT2D eigenvalue weighted by Gasteiger charge is 2.29. The molecule has 2 unspecified atom stereocenters. The second-order valence-electron chi connectivity index (χ2n) is 6.93. The summed E-state index contributed by atoms with van der Waals surface area (Å²) in [5.41, 5.74) is 0.480. The molecule has 1 aromatic heterocycles. The third-order valence-corrected chi connectivity index (χ3v) is 5.13. The van der Waals surface area contributed by atoms with Crippen LogP contribution in [0.1, 0.15) is 39.8 Å². The summed E-state index contributed by atoms with van der Waals surface area (Å²) in [6.45, 7) is 8.25. The Balaban J connectivity index is 2.19. The highest BCUT2D eigenvalue weighted by molar-refractivity contribution is 7.99. The predicted molar refractivity (Wildman–Crippen MR) is 90.7 cm³/mol. The molecule has 2 rings (SSSR count). The van der Waals surface area contributed by atoms with E-state index in [-0.39, 0.29) is 35.4 Å². The van der Waals surface area contributed by atoms with Gasteiger partial charge in [-0.05, 0) is 6.42 Å². The molecule has 1 aliphatic heterocycles. The van der Waals surface area contributed by atoms with Gasteiger partial charge in [-0.1, -0.05) is 39.5 Å². The Bertz CT molecular complexity index is 632. The lowest BCUT2D eigenvalue weighted by Gasteiger charge is -2.27. The van der Waals surface area contributed by atoms with Crippen LogP contribution in [0.5, 0.6) is 0 Å². The van der Waals surface area contributed by atoms with E-state index in [1.807, 2.05) is 27.7 Å². The number of rotatable bonds is 4. The normalized spacial score (nSPS) is 19.1. The van der Waals surface area contributed by atoms with Crippen molar-refractivity contribution in [2.45, 2.75) is 57.3 Å². The molecule has 1 aromatic rings. The molecule has 0 saturated carbocycles. The van der Waals surface area contributed by atoms with Crippen LogP contribution in [0, 0.1) is 5.92 Å². The van der Waals surface area contributed by atoms with E-state index in [2.05, 4.69) is 10.3 Å². The minimum Gasteiger partial charge on any atom is -0.394 e. The third kappa shape index (κ3) is 4.14. The summed E-state index contributed by atoms with van der Waals surface area (Å²) < 4.78 is 1.58. The van der Waals surface area contributed by atoms with Gasteiger partial charge in [-0.15, -0.1) is 0 Å². The quantitative estimate of drug-likeness (QED) is 0.804. The Hall–Kier alpha value is -1.34. The molecule has 2 heterocycles. The maximum absolute atomic E-state index is 12.4. The van der Waals surface area contributed by atoms with Crippen LogP contribution in [0.3, 0.4) is 0 Å². The van der Waals surface area contributed by atoms with Gasteiger partial charge in [-0.25, -0.2) is 4.98 Å². The van der Waals surface area contributed by atoms with Crippen LogP contribution in [0.15, 0.2) is 16.0 Å². The molecule has 0 bridgehead atoms. The summed E-state index contributed by atoms with van der Waals surface area (Å²) >= 11 is 1.44. The Morgan fingerprint density at radius 3 is 2.83 bits per heavy atom. The van der Waals surface area contributed by atoms with Gasteiger partial charge in [0.15, 0.2) is 5.16 Å². The van der Waals surface area contributed by atoms with E-state index < -0.39 is 0 Å². The summed E-state index contributed by atoms with van der Waals surface area (Å²) in [5, 5.41) is 12.7. The monoisotopic (exact) mass is 339 g/mol. The number of hydrogen-bond donors (Lipinski definition) is 2. The number of hydrogen-bond acceptors (Lipinski definition) is 5. The van der Waals surface area contributed by atoms with Crippen molar-refractivity contribution in [2.24, 2.45) is 5.92 Å². The first kappa shape index (κ1) is 18.0. The van der Waals surface area contributed by atoms with Crippen molar-refractivity contribution in [1.82, 2.24) is 14.9 Å². The molecule has 0 aromatic carbocycles. The molecule has 2 atom stereocenters. The molecule has 0 spiro atoms. The molecule has 6 nitrogen and oxygen atoms in total. The Kier molecular flexibility index (Phi) is 5.52. The lowest BCUT2D eigenvalue weighted by atomic mass is 9.92. The first-order valence-electron chi connectivity index (χ1n) is 7.92. The van der Waals surface area contributed by atoms with E-state index in [0.29, 0.717) is 23.9 Å². The molecule has 1 amide bonds. The molecule has 7 heteroatoms. The van der Waals surface area contributed by atoms with Gasteiger partial charge in [0.2, 0.25) is 5.91 Å². The van der Waals surface area contributed by atoms with Gasteiger partial charge in [0.05, 0.1) is 24.3 Å². The standard InChI is InChI=1S/C16H25N3O3S/c1-5-11(8-20)17-14(22)10-7-19-13(21)6-12(16(2,3)4)18-15(19)23-9-10/h6,10-11,20H,5,7-9H2,1-4H3,(H,17,22). The van der Waals surface area contributed by atoms with Crippen LogP contribution >= 0.6 is 11.8 Å². The maximum atomic E-state index is 12.4. The number of nitrogens with zero attached hydrogens (tertiary/aromatic N) is 2. The summed E-state index contributed by atoms with van der Waals surface area (Å²) in [6, 6.07) is 1.33. The van der Waals surface area contributed by atoms with E-state index in [1.165, 1.54) is 11.8 Å². The predicted octanol–water partition coefficient (Wildman–Crippen LogP) is 1.15. The highest BCUT2D eigenvalue weighted by atomic mass is 32.2. The van der Waals surface area contributed by atoms with Crippen molar-refractivity contribution in [3.63, 3.8) is 0 Å². The van der Waals surface area contributed by atoms with Gasteiger partial charge in [0.1, 0.15) is 0 Å². The Labute approximate surface area is 140 Å². The van der Waals surface area contributed by atoms with Crippen molar-refractivity contribution in [1.29, 1.82) is 0 Å². The number of carbonyl (C=O) groups is 1.